The molecule has 0 saturated heterocycles. The molecule has 0 fully saturated rings. The lowest BCUT2D eigenvalue weighted by Crippen LogP contribution is -2.57. The highest BCUT2D eigenvalue weighted by atomic mass is 79.9. The number of rotatable bonds is 4. The third-order valence-electron chi connectivity index (χ3n) is 4.39. The lowest BCUT2D eigenvalue weighted by atomic mass is 10.0. The first kappa shape index (κ1) is 21.3. The minimum Gasteiger partial charge on any atom is -0.484 e. The standard InChI is InChI=1S/C20H18BrF3N2O3/c1-12-6-13(2)8-16(7-12)29-11-18(27)26-19(28,20(22,23)24)10-17(25-26)14-4-3-5-15(21)9-14/h3-9,28H,10-11H2,1-2H3. The van der Waals surface area contributed by atoms with Crippen molar-refractivity contribution in [1.29, 1.82) is 0 Å². The summed E-state index contributed by atoms with van der Waals surface area (Å²) in [5.74, 6) is -0.754. The van der Waals surface area contributed by atoms with E-state index in [0.717, 1.165) is 11.1 Å². The molecule has 0 radical (unpaired) electrons. The second kappa shape index (κ2) is 7.79. The number of hydrogen-bond acceptors (Lipinski definition) is 4. The van der Waals surface area contributed by atoms with Crippen LogP contribution in [0.5, 0.6) is 5.75 Å². The molecule has 0 bridgehead atoms. The number of carbonyl (C=O) groups excluding carboxylic acids is 1. The third-order valence-corrected chi connectivity index (χ3v) is 4.88. The van der Waals surface area contributed by atoms with Crippen molar-refractivity contribution >= 4 is 27.5 Å². The molecule has 1 aliphatic heterocycles. The van der Waals surface area contributed by atoms with Crippen LogP contribution >= 0.6 is 15.9 Å². The lowest BCUT2D eigenvalue weighted by Gasteiger charge is -2.32. The Morgan fingerprint density at radius 1 is 1.24 bits per heavy atom. The number of alkyl halides is 3. The maximum absolute atomic E-state index is 13.6. The van der Waals surface area contributed by atoms with Gasteiger partial charge in [0, 0.05) is 4.47 Å². The molecule has 0 saturated carbocycles. The molecule has 3 rings (SSSR count). The van der Waals surface area contributed by atoms with Crippen LogP contribution in [-0.2, 0) is 4.79 Å². The van der Waals surface area contributed by atoms with Crippen molar-refractivity contribution in [3.05, 3.63) is 63.6 Å². The highest BCUT2D eigenvalue weighted by Gasteiger charge is 2.63. The summed E-state index contributed by atoms with van der Waals surface area (Å²) in [5.41, 5.74) is -1.35. The van der Waals surface area contributed by atoms with Gasteiger partial charge < -0.3 is 9.84 Å². The number of aryl methyl sites for hydroxylation is 2. The summed E-state index contributed by atoms with van der Waals surface area (Å²) < 4.78 is 46.9. The van der Waals surface area contributed by atoms with Gasteiger partial charge in [-0.25, -0.2) is 0 Å². The highest BCUT2D eigenvalue weighted by Crippen LogP contribution is 2.41. The Bertz CT molecular complexity index is 957. The number of nitrogens with zero attached hydrogens (tertiary/aromatic N) is 2. The van der Waals surface area contributed by atoms with Crippen molar-refractivity contribution < 1.29 is 27.8 Å². The van der Waals surface area contributed by atoms with Gasteiger partial charge >= 0.3 is 6.18 Å². The Morgan fingerprint density at radius 2 is 1.90 bits per heavy atom. The van der Waals surface area contributed by atoms with Gasteiger partial charge in [0.1, 0.15) is 5.75 Å². The van der Waals surface area contributed by atoms with E-state index < -0.39 is 30.8 Å². The van der Waals surface area contributed by atoms with Gasteiger partial charge in [0.25, 0.3) is 11.6 Å². The fourth-order valence-electron chi connectivity index (χ4n) is 3.08. The van der Waals surface area contributed by atoms with Crippen molar-refractivity contribution in [2.45, 2.75) is 32.2 Å². The van der Waals surface area contributed by atoms with E-state index in [1.807, 2.05) is 19.9 Å². The second-order valence-corrected chi connectivity index (χ2v) is 7.78. The Morgan fingerprint density at radius 3 is 2.48 bits per heavy atom. The monoisotopic (exact) mass is 470 g/mol. The smallest absolute Gasteiger partial charge is 0.438 e. The number of hydrogen-bond donors (Lipinski definition) is 1. The van der Waals surface area contributed by atoms with E-state index in [0.29, 0.717) is 15.8 Å². The van der Waals surface area contributed by atoms with Crippen LogP contribution in [0.25, 0.3) is 0 Å². The first-order valence-electron chi connectivity index (χ1n) is 8.66. The van der Waals surface area contributed by atoms with Gasteiger partial charge in [-0.15, -0.1) is 0 Å². The molecule has 2 aromatic rings. The summed E-state index contributed by atoms with van der Waals surface area (Å²) in [5, 5.41) is 14.2. The second-order valence-electron chi connectivity index (χ2n) is 6.87. The van der Waals surface area contributed by atoms with Crippen LogP contribution in [-0.4, -0.2) is 40.2 Å². The average Bonchev–Trinajstić information content (AvgIpc) is 2.98. The number of amides is 1. The molecule has 0 spiro atoms. The van der Waals surface area contributed by atoms with Crippen molar-refractivity contribution in [2.24, 2.45) is 5.10 Å². The van der Waals surface area contributed by atoms with E-state index >= 15 is 0 Å². The first-order chi connectivity index (χ1) is 13.5. The van der Waals surface area contributed by atoms with Crippen molar-refractivity contribution in [2.75, 3.05) is 6.61 Å². The summed E-state index contributed by atoms with van der Waals surface area (Å²) >= 11 is 3.24. The van der Waals surface area contributed by atoms with Crippen LogP contribution < -0.4 is 4.74 Å². The molecule has 2 aromatic carbocycles. The zero-order chi connectivity index (χ0) is 21.4. The number of carbonyl (C=O) groups is 1. The highest BCUT2D eigenvalue weighted by molar-refractivity contribution is 9.10. The van der Waals surface area contributed by atoms with E-state index in [-0.39, 0.29) is 10.7 Å². The van der Waals surface area contributed by atoms with Gasteiger partial charge in [-0.3, -0.25) is 4.79 Å². The van der Waals surface area contributed by atoms with E-state index in [9.17, 15) is 23.1 Å². The fraction of sp³-hybridized carbons (Fsp3) is 0.300. The lowest BCUT2D eigenvalue weighted by molar-refractivity contribution is -0.302. The molecule has 1 unspecified atom stereocenters. The normalized spacial score (nSPS) is 19.3. The Kier molecular flexibility index (Phi) is 5.73. The molecule has 154 valence electrons. The Labute approximate surface area is 173 Å². The summed E-state index contributed by atoms with van der Waals surface area (Å²) in [6, 6.07) is 11.7. The predicted molar refractivity (Wildman–Crippen MR) is 105 cm³/mol. The van der Waals surface area contributed by atoms with Gasteiger partial charge in [-0.2, -0.15) is 23.3 Å². The van der Waals surface area contributed by atoms with Crippen LogP contribution in [0, 0.1) is 13.8 Å². The van der Waals surface area contributed by atoms with Gasteiger partial charge in [-0.1, -0.05) is 34.1 Å². The maximum atomic E-state index is 13.6. The number of halogens is 4. The topological polar surface area (TPSA) is 62.1 Å². The SMILES string of the molecule is Cc1cc(C)cc(OCC(=O)N2N=C(c3cccc(Br)c3)CC2(O)C(F)(F)F)c1. The molecule has 1 heterocycles. The number of aliphatic hydroxyl groups is 1. The Balaban J connectivity index is 1.87. The first-order valence-corrected chi connectivity index (χ1v) is 9.45. The minimum absolute atomic E-state index is 0.0501. The zero-order valence-corrected chi connectivity index (χ0v) is 17.2. The Hall–Kier alpha value is -2.39. The van der Waals surface area contributed by atoms with Crippen molar-refractivity contribution in [3.8, 4) is 5.75 Å². The van der Waals surface area contributed by atoms with E-state index in [4.69, 9.17) is 4.74 Å². The molecule has 9 heteroatoms. The molecule has 29 heavy (non-hydrogen) atoms. The number of ether oxygens (including phenoxy) is 1. The molecule has 5 nitrogen and oxygen atoms in total. The van der Waals surface area contributed by atoms with Crippen LogP contribution in [0.15, 0.2) is 52.0 Å². The van der Waals surface area contributed by atoms with Crippen LogP contribution in [0.1, 0.15) is 23.1 Å². The predicted octanol–water partition coefficient (Wildman–Crippen LogP) is 4.33. The molecule has 0 aliphatic carbocycles. The van der Waals surface area contributed by atoms with Crippen LogP contribution in [0.4, 0.5) is 13.2 Å². The maximum Gasteiger partial charge on any atom is 0.438 e. The summed E-state index contributed by atoms with van der Waals surface area (Å²) in [4.78, 5) is 12.5. The van der Waals surface area contributed by atoms with E-state index in [1.165, 1.54) is 0 Å². The van der Waals surface area contributed by atoms with Crippen molar-refractivity contribution in [1.82, 2.24) is 5.01 Å². The van der Waals surface area contributed by atoms with Crippen molar-refractivity contribution in [3.63, 3.8) is 0 Å². The molecule has 0 aromatic heterocycles. The molecular weight excluding hydrogens is 453 g/mol. The molecule has 1 aliphatic rings. The molecular formula is C20H18BrF3N2O3. The minimum atomic E-state index is -5.10. The van der Waals surface area contributed by atoms with Gasteiger partial charge in [0.2, 0.25) is 0 Å². The summed E-state index contributed by atoms with van der Waals surface area (Å²) in [7, 11) is 0. The van der Waals surface area contributed by atoms with Gasteiger partial charge in [0.05, 0.1) is 12.1 Å². The summed E-state index contributed by atoms with van der Waals surface area (Å²) in [6.45, 7) is 2.97. The number of benzene rings is 2. The van der Waals surface area contributed by atoms with Crippen LogP contribution in [0.3, 0.4) is 0 Å². The zero-order valence-electron chi connectivity index (χ0n) is 15.6. The average molecular weight is 471 g/mol. The van der Waals surface area contributed by atoms with Crippen LogP contribution in [0.2, 0.25) is 0 Å². The van der Waals surface area contributed by atoms with Gasteiger partial charge in [-0.05, 0) is 54.8 Å². The van der Waals surface area contributed by atoms with Gasteiger partial charge in [0.15, 0.2) is 6.61 Å². The quantitative estimate of drug-likeness (QED) is 0.723. The number of hydrazone groups is 1. The van der Waals surface area contributed by atoms with E-state index in [2.05, 4.69) is 21.0 Å². The third kappa shape index (κ3) is 4.45. The fourth-order valence-corrected chi connectivity index (χ4v) is 3.48. The summed E-state index contributed by atoms with van der Waals surface area (Å²) in [6.07, 6.45) is -5.97. The van der Waals surface area contributed by atoms with E-state index in [1.54, 1.807) is 36.4 Å². The molecule has 1 amide bonds. The molecule has 1 N–H and O–H groups in total. The largest absolute Gasteiger partial charge is 0.484 e. The molecule has 1 atom stereocenters.